The van der Waals surface area contributed by atoms with Crippen molar-refractivity contribution < 1.29 is 9.90 Å². The second-order valence-electron chi connectivity index (χ2n) is 4.69. The Morgan fingerprint density at radius 3 is 2.67 bits per heavy atom. The van der Waals surface area contributed by atoms with Gasteiger partial charge in [-0.2, -0.15) is 0 Å². The number of pyridine rings is 2. The van der Waals surface area contributed by atoms with Crippen LogP contribution in [0.2, 0.25) is 0 Å². The topological polar surface area (TPSA) is 63.1 Å². The summed E-state index contributed by atoms with van der Waals surface area (Å²) in [5.41, 5.74) is 3.04. The minimum atomic E-state index is -0.975. The molecule has 1 N–H and O–H groups in total. The van der Waals surface area contributed by atoms with Gasteiger partial charge < -0.3 is 5.11 Å². The van der Waals surface area contributed by atoms with Crippen LogP contribution >= 0.6 is 15.9 Å². The summed E-state index contributed by atoms with van der Waals surface area (Å²) in [6.45, 7) is 1.91. The van der Waals surface area contributed by atoms with Crippen LogP contribution < -0.4 is 0 Å². The molecule has 0 saturated heterocycles. The lowest BCUT2D eigenvalue weighted by Crippen LogP contribution is -2.01. The number of benzene rings is 1. The monoisotopic (exact) mass is 342 g/mol. The highest BCUT2D eigenvalue weighted by Gasteiger charge is 2.15. The maximum Gasteiger partial charge on any atom is 0.336 e. The quantitative estimate of drug-likeness (QED) is 0.762. The van der Waals surface area contributed by atoms with Crippen molar-refractivity contribution in [3.05, 3.63) is 58.2 Å². The predicted molar refractivity (Wildman–Crippen MR) is 84.4 cm³/mol. The van der Waals surface area contributed by atoms with Crippen molar-refractivity contribution in [3.63, 3.8) is 0 Å². The summed E-state index contributed by atoms with van der Waals surface area (Å²) in [4.78, 5) is 20.4. The Kier molecular flexibility index (Phi) is 3.43. The largest absolute Gasteiger partial charge is 0.478 e. The Balaban J connectivity index is 2.38. The second kappa shape index (κ2) is 5.26. The van der Waals surface area contributed by atoms with Crippen molar-refractivity contribution in [1.29, 1.82) is 0 Å². The summed E-state index contributed by atoms with van der Waals surface area (Å²) in [6.07, 6.45) is 1.66. The number of halogens is 1. The molecular formula is C16H11BrN2O2. The van der Waals surface area contributed by atoms with Crippen molar-refractivity contribution in [1.82, 2.24) is 9.97 Å². The molecule has 104 valence electrons. The molecule has 2 heterocycles. The van der Waals surface area contributed by atoms with Gasteiger partial charge in [0.15, 0.2) is 0 Å². The molecular weight excluding hydrogens is 332 g/mol. The normalized spacial score (nSPS) is 10.8. The first kappa shape index (κ1) is 13.7. The lowest BCUT2D eigenvalue weighted by molar-refractivity contribution is 0.0699. The van der Waals surface area contributed by atoms with Crippen LogP contribution in [0, 0.1) is 6.92 Å². The van der Waals surface area contributed by atoms with Gasteiger partial charge in [-0.15, -0.1) is 0 Å². The maximum atomic E-state index is 11.6. The number of hydrogen-bond acceptors (Lipinski definition) is 3. The zero-order valence-corrected chi connectivity index (χ0v) is 12.8. The van der Waals surface area contributed by atoms with Crippen LogP contribution in [-0.2, 0) is 0 Å². The molecule has 0 saturated carbocycles. The average molecular weight is 343 g/mol. The predicted octanol–water partition coefficient (Wildman–Crippen LogP) is 4.07. The fourth-order valence-electron chi connectivity index (χ4n) is 2.28. The molecule has 3 aromatic rings. The highest BCUT2D eigenvalue weighted by atomic mass is 79.9. The molecule has 2 aromatic heterocycles. The molecule has 21 heavy (non-hydrogen) atoms. The minimum absolute atomic E-state index is 0.227. The molecule has 4 nitrogen and oxygen atoms in total. The second-order valence-corrected chi connectivity index (χ2v) is 5.61. The van der Waals surface area contributed by atoms with Gasteiger partial charge in [-0.25, -0.2) is 9.78 Å². The third-order valence-electron chi connectivity index (χ3n) is 3.23. The molecule has 1 aromatic carbocycles. The number of hydrogen-bond donors (Lipinski definition) is 1. The van der Waals surface area contributed by atoms with E-state index in [0.717, 1.165) is 10.0 Å². The van der Waals surface area contributed by atoms with Gasteiger partial charge in [0.25, 0.3) is 0 Å². The molecule has 5 heteroatoms. The van der Waals surface area contributed by atoms with Crippen molar-refractivity contribution in [3.8, 4) is 11.4 Å². The van der Waals surface area contributed by atoms with E-state index >= 15 is 0 Å². The summed E-state index contributed by atoms with van der Waals surface area (Å²) < 4.78 is 0.836. The Hall–Kier alpha value is -2.27. The molecule has 0 amide bonds. The SMILES string of the molecule is Cc1cc(Br)cc2c(C(=O)O)cc(-c3ccccn3)nc12. The van der Waals surface area contributed by atoms with Crippen LogP contribution in [0.5, 0.6) is 0 Å². The summed E-state index contributed by atoms with van der Waals surface area (Å²) >= 11 is 3.40. The van der Waals surface area contributed by atoms with Crippen LogP contribution in [0.3, 0.4) is 0 Å². The van der Waals surface area contributed by atoms with E-state index in [9.17, 15) is 9.90 Å². The standard InChI is InChI=1S/C16H11BrN2O2/c1-9-6-10(17)7-11-12(16(20)21)8-14(19-15(9)11)13-4-2-3-5-18-13/h2-8H,1H3,(H,20,21). The third-order valence-corrected chi connectivity index (χ3v) is 3.68. The van der Waals surface area contributed by atoms with Gasteiger partial charge in [0.2, 0.25) is 0 Å². The van der Waals surface area contributed by atoms with Crippen LogP contribution in [0.1, 0.15) is 15.9 Å². The molecule has 0 aliphatic carbocycles. The van der Waals surface area contributed by atoms with Crippen molar-refractivity contribution in [2.75, 3.05) is 0 Å². The van der Waals surface area contributed by atoms with E-state index in [1.807, 2.05) is 31.2 Å². The maximum absolute atomic E-state index is 11.6. The molecule has 3 rings (SSSR count). The van der Waals surface area contributed by atoms with E-state index in [4.69, 9.17) is 0 Å². The van der Waals surface area contributed by atoms with Gasteiger partial charge in [0.1, 0.15) is 0 Å². The molecule has 0 spiro atoms. The molecule has 0 atom stereocenters. The zero-order chi connectivity index (χ0) is 15.0. The molecule has 0 aliphatic heterocycles. The number of aromatic carboxylic acids is 1. The lowest BCUT2D eigenvalue weighted by Gasteiger charge is -2.09. The third kappa shape index (κ3) is 2.52. The molecule has 0 fully saturated rings. The Labute approximate surface area is 129 Å². The van der Waals surface area contributed by atoms with Crippen molar-refractivity contribution in [2.24, 2.45) is 0 Å². The number of rotatable bonds is 2. The first-order valence-electron chi connectivity index (χ1n) is 6.32. The molecule has 0 unspecified atom stereocenters. The number of aromatic nitrogens is 2. The molecule has 0 bridgehead atoms. The zero-order valence-electron chi connectivity index (χ0n) is 11.2. The first-order chi connectivity index (χ1) is 10.1. The fourth-order valence-corrected chi connectivity index (χ4v) is 2.85. The Morgan fingerprint density at radius 1 is 1.19 bits per heavy atom. The van der Waals surface area contributed by atoms with E-state index in [1.165, 1.54) is 0 Å². The van der Waals surface area contributed by atoms with Gasteiger partial charge >= 0.3 is 5.97 Å². The number of fused-ring (bicyclic) bond motifs is 1. The fraction of sp³-hybridized carbons (Fsp3) is 0.0625. The summed E-state index contributed by atoms with van der Waals surface area (Å²) in [5.74, 6) is -0.975. The van der Waals surface area contributed by atoms with E-state index in [1.54, 1.807) is 18.3 Å². The van der Waals surface area contributed by atoms with Gasteiger partial charge in [-0.1, -0.05) is 22.0 Å². The molecule has 0 aliphatic rings. The Bertz CT molecular complexity index is 848. The number of aryl methyl sites for hydroxylation is 1. The van der Waals surface area contributed by atoms with Gasteiger partial charge in [-0.3, -0.25) is 4.98 Å². The number of carboxylic acid groups (broad SMARTS) is 1. The number of nitrogens with zero attached hydrogens (tertiary/aromatic N) is 2. The van der Waals surface area contributed by atoms with Crippen LogP contribution in [0.4, 0.5) is 0 Å². The van der Waals surface area contributed by atoms with Gasteiger partial charge in [0, 0.05) is 16.1 Å². The summed E-state index contributed by atoms with van der Waals surface area (Å²) in [5, 5.41) is 10.1. The van der Waals surface area contributed by atoms with Gasteiger partial charge in [0.05, 0.1) is 22.5 Å². The Morgan fingerprint density at radius 2 is 2.00 bits per heavy atom. The van der Waals surface area contributed by atoms with Gasteiger partial charge in [-0.05, 0) is 42.8 Å². The van der Waals surface area contributed by atoms with Crippen LogP contribution in [0.15, 0.2) is 47.1 Å². The first-order valence-corrected chi connectivity index (χ1v) is 7.11. The lowest BCUT2D eigenvalue weighted by atomic mass is 10.0. The van der Waals surface area contributed by atoms with Crippen molar-refractivity contribution >= 4 is 32.8 Å². The minimum Gasteiger partial charge on any atom is -0.478 e. The molecule has 0 radical (unpaired) electrons. The number of carbonyl (C=O) groups is 1. The van der Waals surface area contributed by atoms with E-state index < -0.39 is 5.97 Å². The van der Waals surface area contributed by atoms with E-state index in [2.05, 4.69) is 25.9 Å². The number of carboxylic acids is 1. The average Bonchev–Trinajstić information content (AvgIpc) is 2.47. The van der Waals surface area contributed by atoms with E-state index in [0.29, 0.717) is 22.3 Å². The van der Waals surface area contributed by atoms with Crippen LogP contribution in [-0.4, -0.2) is 21.0 Å². The van der Waals surface area contributed by atoms with Crippen molar-refractivity contribution in [2.45, 2.75) is 6.92 Å². The van der Waals surface area contributed by atoms with Crippen LogP contribution in [0.25, 0.3) is 22.3 Å². The summed E-state index contributed by atoms with van der Waals surface area (Å²) in [6, 6.07) is 10.7. The highest BCUT2D eigenvalue weighted by molar-refractivity contribution is 9.10. The highest BCUT2D eigenvalue weighted by Crippen LogP contribution is 2.28. The summed E-state index contributed by atoms with van der Waals surface area (Å²) in [7, 11) is 0. The smallest absolute Gasteiger partial charge is 0.336 e. The van der Waals surface area contributed by atoms with E-state index in [-0.39, 0.29) is 5.56 Å².